The fraction of sp³-hybridized carbons (Fsp3) is 0.333. The van der Waals surface area contributed by atoms with Crippen LogP contribution in [-0.4, -0.2) is 17.4 Å². The molecule has 0 aliphatic carbocycles. The molecule has 1 aromatic carbocycles. The van der Waals surface area contributed by atoms with Crippen molar-refractivity contribution in [3.8, 4) is 11.1 Å². The zero-order valence-corrected chi connectivity index (χ0v) is 13.4. The summed E-state index contributed by atoms with van der Waals surface area (Å²) in [4.78, 5) is 16.3. The number of hydrogen-bond donors (Lipinski definition) is 2. The van der Waals surface area contributed by atoms with Crippen LogP contribution in [0.15, 0.2) is 36.5 Å². The molecule has 1 aromatic heterocycles. The lowest BCUT2D eigenvalue weighted by Gasteiger charge is -2.10. The lowest BCUT2D eigenvalue weighted by molar-refractivity contribution is 0.0952. The molecule has 4 nitrogen and oxygen atoms in total. The highest BCUT2D eigenvalue weighted by atomic mass is 16.1. The van der Waals surface area contributed by atoms with Crippen LogP contribution >= 0.6 is 0 Å². The first-order valence-electron chi connectivity index (χ1n) is 7.58. The van der Waals surface area contributed by atoms with E-state index < -0.39 is 0 Å². The van der Waals surface area contributed by atoms with E-state index in [9.17, 15) is 4.79 Å². The second kappa shape index (κ2) is 7.07. The van der Waals surface area contributed by atoms with Gasteiger partial charge in [-0.3, -0.25) is 4.79 Å². The van der Waals surface area contributed by atoms with Gasteiger partial charge in [0.25, 0.3) is 5.91 Å². The summed E-state index contributed by atoms with van der Waals surface area (Å²) in [5, 5.41) is 2.96. The van der Waals surface area contributed by atoms with Crippen molar-refractivity contribution >= 4 is 11.7 Å². The van der Waals surface area contributed by atoms with Gasteiger partial charge in [-0.05, 0) is 54.7 Å². The number of nitrogen functional groups attached to an aromatic ring is 1. The Labute approximate surface area is 131 Å². The molecule has 3 N–H and O–H groups in total. The molecule has 22 heavy (non-hydrogen) atoms. The van der Waals surface area contributed by atoms with Crippen molar-refractivity contribution < 1.29 is 4.79 Å². The first kappa shape index (κ1) is 16.0. The second-order valence-electron chi connectivity index (χ2n) is 5.94. The van der Waals surface area contributed by atoms with E-state index in [1.54, 1.807) is 12.3 Å². The van der Waals surface area contributed by atoms with Crippen LogP contribution in [-0.2, 0) is 0 Å². The Morgan fingerprint density at radius 2 is 2.05 bits per heavy atom. The van der Waals surface area contributed by atoms with Crippen molar-refractivity contribution in [3.63, 3.8) is 0 Å². The van der Waals surface area contributed by atoms with E-state index in [0.29, 0.717) is 23.8 Å². The normalized spacial score (nSPS) is 10.7. The summed E-state index contributed by atoms with van der Waals surface area (Å²) in [6.45, 7) is 7.00. The quantitative estimate of drug-likeness (QED) is 0.888. The van der Waals surface area contributed by atoms with Gasteiger partial charge in [-0.25, -0.2) is 4.98 Å². The molecule has 0 atom stereocenters. The molecule has 1 amide bonds. The van der Waals surface area contributed by atoms with Crippen molar-refractivity contribution in [1.29, 1.82) is 0 Å². The summed E-state index contributed by atoms with van der Waals surface area (Å²) in [6.07, 6.45) is 2.71. The highest BCUT2D eigenvalue weighted by molar-refractivity contribution is 5.95. The summed E-state index contributed by atoms with van der Waals surface area (Å²) in [5.41, 5.74) is 9.36. The van der Waals surface area contributed by atoms with Gasteiger partial charge in [-0.15, -0.1) is 0 Å². The Hall–Kier alpha value is -2.36. The number of carbonyl (C=O) groups excluding carboxylic acids is 1. The molecule has 2 rings (SSSR count). The molecule has 0 fully saturated rings. The van der Waals surface area contributed by atoms with Gasteiger partial charge in [0.2, 0.25) is 0 Å². The summed E-state index contributed by atoms with van der Waals surface area (Å²) in [5.74, 6) is 1.03. The van der Waals surface area contributed by atoms with Crippen LogP contribution in [0.2, 0.25) is 0 Å². The number of nitrogens with one attached hydrogen (secondary N) is 1. The van der Waals surface area contributed by atoms with Gasteiger partial charge >= 0.3 is 0 Å². The highest BCUT2D eigenvalue weighted by Gasteiger charge is 2.09. The second-order valence-corrected chi connectivity index (χ2v) is 5.94. The summed E-state index contributed by atoms with van der Waals surface area (Å²) < 4.78 is 0. The SMILES string of the molecule is Cc1ccc(C(=O)NCCC(C)C)cc1-c1ccc(N)nc1. The average molecular weight is 297 g/mol. The van der Waals surface area contributed by atoms with E-state index in [4.69, 9.17) is 5.73 Å². The van der Waals surface area contributed by atoms with Gasteiger partial charge in [-0.1, -0.05) is 19.9 Å². The molecular formula is C18H23N3O. The van der Waals surface area contributed by atoms with Gasteiger partial charge in [0, 0.05) is 23.9 Å². The smallest absolute Gasteiger partial charge is 0.251 e. The number of aryl methyl sites for hydroxylation is 1. The first-order chi connectivity index (χ1) is 10.5. The molecule has 1 heterocycles. The largest absolute Gasteiger partial charge is 0.384 e. The highest BCUT2D eigenvalue weighted by Crippen LogP contribution is 2.24. The zero-order chi connectivity index (χ0) is 16.1. The Kier molecular flexibility index (Phi) is 5.15. The lowest BCUT2D eigenvalue weighted by atomic mass is 9.99. The van der Waals surface area contributed by atoms with E-state index in [1.165, 1.54) is 0 Å². The molecule has 116 valence electrons. The maximum absolute atomic E-state index is 12.2. The predicted octanol–water partition coefficient (Wildman–Crippen LogP) is 3.42. The van der Waals surface area contributed by atoms with E-state index in [2.05, 4.69) is 24.1 Å². The number of hydrogen-bond acceptors (Lipinski definition) is 3. The third-order valence-electron chi connectivity index (χ3n) is 3.60. The van der Waals surface area contributed by atoms with E-state index in [-0.39, 0.29) is 5.91 Å². The topological polar surface area (TPSA) is 68.0 Å². The molecule has 0 bridgehead atoms. The summed E-state index contributed by atoms with van der Waals surface area (Å²) >= 11 is 0. The summed E-state index contributed by atoms with van der Waals surface area (Å²) in [6, 6.07) is 9.42. The molecule has 0 radical (unpaired) electrons. The molecule has 2 aromatic rings. The van der Waals surface area contributed by atoms with Crippen molar-refractivity contribution in [3.05, 3.63) is 47.7 Å². The van der Waals surface area contributed by atoms with Gasteiger partial charge in [0.05, 0.1) is 0 Å². The Bertz CT molecular complexity index is 648. The Balaban J connectivity index is 2.19. The Morgan fingerprint density at radius 3 is 2.68 bits per heavy atom. The molecule has 0 spiro atoms. The standard InChI is InChI=1S/C18H23N3O/c1-12(2)8-9-20-18(22)14-5-4-13(3)16(10-14)15-6-7-17(19)21-11-15/h4-7,10-12H,8-9H2,1-3H3,(H2,19,21)(H,20,22). The van der Waals surface area contributed by atoms with Crippen LogP contribution in [0.25, 0.3) is 11.1 Å². The van der Waals surface area contributed by atoms with Crippen LogP contribution in [0.4, 0.5) is 5.82 Å². The molecule has 0 aliphatic rings. The third-order valence-corrected chi connectivity index (χ3v) is 3.60. The van der Waals surface area contributed by atoms with Gasteiger partial charge in [0.1, 0.15) is 5.82 Å². The molecule has 0 aliphatic heterocycles. The van der Waals surface area contributed by atoms with Crippen molar-refractivity contribution in [2.45, 2.75) is 27.2 Å². The molecule has 0 unspecified atom stereocenters. The maximum atomic E-state index is 12.2. The number of pyridine rings is 1. The molecule has 0 saturated heterocycles. The van der Waals surface area contributed by atoms with Crippen LogP contribution < -0.4 is 11.1 Å². The van der Waals surface area contributed by atoms with Gasteiger partial charge in [0.15, 0.2) is 0 Å². The van der Waals surface area contributed by atoms with Crippen LogP contribution in [0.5, 0.6) is 0 Å². The maximum Gasteiger partial charge on any atom is 0.251 e. The number of benzene rings is 1. The van der Waals surface area contributed by atoms with Crippen LogP contribution in [0, 0.1) is 12.8 Å². The number of anilines is 1. The average Bonchev–Trinajstić information content (AvgIpc) is 2.48. The van der Waals surface area contributed by atoms with Gasteiger partial charge < -0.3 is 11.1 Å². The number of nitrogens with zero attached hydrogens (tertiary/aromatic N) is 1. The minimum Gasteiger partial charge on any atom is -0.384 e. The molecule has 0 saturated carbocycles. The summed E-state index contributed by atoms with van der Waals surface area (Å²) in [7, 11) is 0. The first-order valence-corrected chi connectivity index (χ1v) is 7.58. The van der Waals surface area contributed by atoms with Crippen molar-refractivity contribution in [2.24, 2.45) is 5.92 Å². The number of rotatable bonds is 5. The number of aromatic nitrogens is 1. The minimum absolute atomic E-state index is 0.0368. The molecule has 4 heteroatoms. The lowest BCUT2D eigenvalue weighted by Crippen LogP contribution is -2.25. The zero-order valence-electron chi connectivity index (χ0n) is 13.4. The van der Waals surface area contributed by atoms with Gasteiger partial charge in [-0.2, -0.15) is 0 Å². The van der Waals surface area contributed by atoms with E-state index in [1.807, 2.05) is 31.2 Å². The number of nitrogens with two attached hydrogens (primary N) is 1. The molecular weight excluding hydrogens is 274 g/mol. The fourth-order valence-electron chi connectivity index (χ4n) is 2.22. The Morgan fingerprint density at radius 1 is 1.27 bits per heavy atom. The predicted molar refractivity (Wildman–Crippen MR) is 90.6 cm³/mol. The van der Waals surface area contributed by atoms with E-state index >= 15 is 0 Å². The number of carbonyl (C=O) groups is 1. The van der Waals surface area contributed by atoms with Crippen molar-refractivity contribution in [2.75, 3.05) is 12.3 Å². The monoisotopic (exact) mass is 297 g/mol. The number of amides is 1. The van der Waals surface area contributed by atoms with E-state index in [0.717, 1.165) is 23.1 Å². The van der Waals surface area contributed by atoms with Crippen LogP contribution in [0.1, 0.15) is 36.2 Å². The van der Waals surface area contributed by atoms with Crippen molar-refractivity contribution in [1.82, 2.24) is 10.3 Å². The fourth-order valence-corrected chi connectivity index (χ4v) is 2.22. The van der Waals surface area contributed by atoms with Crippen LogP contribution in [0.3, 0.4) is 0 Å². The minimum atomic E-state index is -0.0368. The third kappa shape index (κ3) is 4.07.